The summed E-state index contributed by atoms with van der Waals surface area (Å²) in [6.07, 6.45) is 0. The summed E-state index contributed by atoms with van der Waals surface area (Å²) in [6, 6.07) is 17.6. The Balaban J connectivity index is 1.84. The Morgan fingerprint density at radius 3 is 2.65 bits per heavy atom. The molecule has 0 saturated heterocycles. The molecule has 6 nitrogen and oxygen atoms in total. The maximum absolute atomic E-state index is 11.7. The Morgan fingerprint density at radius 1 is 1.08 bits per heavy atom. The van der Waals surface area contributed by atoms with E-state index in [0.29, 0.717) is 17.6 Å². The van der Waals surface area contributed by atoms with Gasteiger partial charge in [0, 0.05) is 10.9 Å². The van der Waals surface area contributed by atoms with Gasteiger partial charge in [-0.2, -0.15) is 4.52 Å². The van der Waals surface area contributed by atoms with E-state index in [2.05, 4.69) is 10.1 Å². The molecule has 2 aromatic heterocycles. The second-order valence-electron chi connectivity index (χ2n) is 5.54. The number of para-hydroxylation sites is 1. The highest BCUT2D eigenvalue weighted by molar-refractivity contribution is 7.99. The van der Waals surface area contributed by atoms with Crippen LogP contribution in [0.15, 0.2) is 59.8 Å². The number of hydrogen-bond acceptors (Lipinski definition) is 6. The van der Waals surface area contributed by atoms with E-state index in [9.17, 15) is 4.79 Å². The van der Waals surface area contributed by atoms with Crippen LogP contribution < -0.4 is 0 Å². The fourth-order valence-electron chi connectivity index (χ4n) is 2.66. The largest absolute Gasteiger partial charge is 0.465 e. The van der Waals surface area contributed by atoms with Crippen molar-refractivity contribution in [2.45, 2.75) is 12.1 Å². The zero-order chi connectivity index (χ0) is 17.9. The third-order valence-electron chi connectivity index (χ3n) is 3.81. The molecule has 0 aliphatic heterocycles. The number of ether oxygens (including phenoxy) is 1. The Hall–Kier alpha value is -2.93. The smallest absolute Gasteiger partial charge is 0.316 e. The van der Waals surface area contributed by atoms with E-state index in [1.54, 1.807) is 11.4 Å². The van der Waals surface area contributed by atoms with Crippen molar-refractivity contribution in [3.63, 3.8) is 0 Å². The maximum Gasteiger partial charge on any atom is 0.316 e. The van der Waals surface area contributed by atoms with Crippen molar-refractivity contribution in [1.29, 1.82) is 0 Å². The number of aromatic nitrogens is 4. The molecule has 2 aromatic carbocycles. The summed E-state index contributed by atoms with van der Waals surface area (Å²) < 4.78 is 6.71. The maximum atomic E-state index is 11.7. The molecule has 130 valence electrons. The quantitative estimate of drug-likeness (QED) is 0.306. The molecule has 0 aliphatic carbocycles. The number of carbonyl (C=O) groups excluding carboxylic acids is 1. The molecule has 0 saturated carbocycles. The minimum atomic E-state index is -0.274. The van der Waals surface area contributed by atoms with Crippen LogP contribution in [-0.4, -0.2) is 37.9 Å². The molecule has 0 radical (unpaired) electrons. The second kappa shape index (κ2) is 7.13. The normalized spacial score (nSPS) is 11.1. The lowest BCUT2D eigenvalue weighted by Gasteiger charge is -2.05. The van der Waals surface area contributed by atoms with Gasteiger partial charge in [0.1, 0.15) is 0 Å². The number of benzene rings is 2. The van der Waals surface area contributed by atoms with Crippen LogP contribution in [0.25, 0.3) is 27.9 Å². The monoisotopic (exact) mass is 364 g/mol. The molecular weight excluding hydrogens is 348 g/mol. The molecule has 0 fully saturated rings. The van der Waals surface area contributed by atoms with Crippen LogP contribution >= 0.6 is 11.8 Å². The Kier molecular flexibility index (Phi) is 4.53. The van der Waals surface area contributed by atoms with Crippen molar-refractivity contribution in [3.8, 4) is 11.4 Å². The first kappa shape index (κ1) is 16.5. The van der Waals surface area contributed by atoms with Crippen molar-refractivity contribution >= 4 is 34.3 Å². The standard InChI is InChI=1S/C19H16N4O2S/c1-2-25-16(24)12-26-19-20-15-11-7-6-10-14(15)18-21-17(22-23(18)19)13-8-4-3-5-9-13/h3-11H,2,12H2,1H3. The van der Waals surface area contributed by atoms with Gasteiger partial charge in [0.25, 0.3) is 0 Å². The van der Waals surface area contributed by atoms with Gasteiger partial charge >= 0.3 is 5.97 Å². The van der Waals surface area contributed by atoms with Crippen molar-refractivity contribution in [2.75, 3.05) is 12.4 Å². The first-order valence-corrected chi connectivity index (χ1v) is 9.24. The predicted octanol–water partition coefficient (Wildman–Crippen LogP) is 3.60. The molecule has 0 aliphatic rings. The van der Waals surface area contributed by atoms with Crippen molar-refractivity contribution < 1.29 is 9.53 Å². The average molecular weight is 364 g/mol. The van der Waals surface area contributed by atoms with Gasteiger partial charge in [-0.15, -0.1) is 5.10 Å². The summed E-state index contributed by atoms with van der Waals surface area (Å²) in [5.41, 5.74) is 2.47. The summed E-state index contributed by atoms with van der Waals surface area (Å²) in [4.78, 5) is 21.1. The molecule has 0 atom stereocenters. The lowest BCUT2D eigenvalue weighted by molar-refractivity contribution is -0.139. The van der Waals surface area contributed by atoms with Crippen LogP contribution in [0.1, 0.15) is 6.92 Å². The fraction of sp³-hybridized carbons (Fsp3) is 0.158. The van der Waals surface area contributed by atoms with E-state index in [4.69, 9.17) is 9.72 Å². The van der Waals surface area contributed by atoms with Gasteiger partial charge in [0.15, 0.2) is 16.6 Å². The zero-order valence-electron chi connectivity index (χ0n) is 14.1. The third-order valence-corrected chi connectivity index (χ3v) is 4.71. The number of rotatable bonds is 5. The molecular formula is C19H16N4O2S. The molecule has 4 aromatic rings. The van der Waals surface area contributed by atoms with Crippen molar-refractivity contribution in [1.82, 2.24) is 19.6 Å². The highest BCUT2D eigenvalue weighted by atomic mass is 32.2. The van der Waals surface area contributed by atoms with E-state index in [1.807, 2.05) is 54.6 Å². The molecule has 7 heteroatoms. The molecule has 0 spiro atoms. The van der Waals surface area contributed by atoms with E-state index in [0.717, 1.165) is 22.1 Å². The molecule has 0 unspecified atom stereocenters. The molecule has 2 heterocycles. The van der Waals surface area contributed by atoms with Crippen molar-refractivity contribution in [3.05, 3.63) is 54.6 Å². The van der Waals surface area contributed by atoms with Crippen LogP contribution in [0.2, 0.25) is 0 Å². The number of thioether (sulfide) groups is 1. The number of hydrogen-bond donors (Lipinski definition) is 0. The number of esters is 1. The van der Waals surface area contributed by atoms with E-state index in [1.165, 1.54) is 11.8 Å². The highest BCUT2D eigenvalue weighted by Crippen LogP contribution is 2.26. The second-order valence-corrected chi connectivity index (χ2v) is 6.48. The Morgan fingerprint density at radius 2 is 1.85 bits per heavy atom. The van der Waals surface area contributed by atoms with Crippen LogP contribution in [0.3, 0.4) is 0 Å². The van der Waals surface area contributed by atoms with Gasteiger partial charge in [-0.25, -0.2) is 9.97 Å². The first-order valence-electron chi connectivity index (χ1n) is 8.25. The van der Waals surface area contributed by atoms with Crippen LogP contribution in [0, 0.1) is 0 Å². The molecule has 4 rings (SSSR count). The van der Waals surface area contributed by atoms with Crippen LogP contribution in [0.4, 0.5) is 0 Å². The Labute approximate surface area is 154 Å². The lowest BCUT2D eigenvalue weighted by Crippen LogP contribution is -2.08. The summed E-state index contributed by atoms with van der Waals surface area (Å²) in [6.45, 7) is 2.15. The fourth-order valence-corrected chi connectivity index (χ4v) is 3.40. The summed E-state index contributed by atoms with van der Waals surface area (Å²) in [7, 11) is 0. The Bertz CT molecular complexity index is 1080. The minimum absolute atomic E-state index is 0.175. The summed E-state index contributed by atoms with van der Waals surface area (Å²) >= 11 is 1.30. The summed E-state index contributed by atoms with van der Waals surface area (Å²) in [5, 5.41) is 6.16. The molecule has 0 bridgehead atoms. The average Bonchev–Trinajstić information content (AvgIpc) is 3.13. The van der Waals surface area contributed by atoms with Crippen molar-refractivity contribution in [2.24, 2.45) is 0 Å². The predicted molar refractivity (Wildman–Crippen MR) is 101 cm³/mol. The van der Waals surface area contributed by atoms with Gasteiger partial charge in [0.05, 0.1) is 17.9 Å². The SMILES string of the molecule is CCOC(=O)CSc1nc2ccccc2c2nc(-c3ccccc3)nn12. The highest BCUT2D eigenvalue weighted by Gasteiger charge is 2.16. The lowest BCUT2D eigenvalue weighted by atomic mass is 10.2. The topological polar surface area (TPSA) is 69.4 Å². The molecule has 26 heavy (non-hydrogen) atoms. The minimum Gasteiger partial charge on any atom is -0.465 e. The van der Waals surface area contributed by atoms with Gasteiger partial charge in [-0.1, -0.05) is 54.2 Å². The number of nitrogens with zero attached hydrogens (tertiary/aromatic N) is 4. The molecule has 0 amide bonds. The zero-order valence-corrected chi connectivity index (χ0v) is 14.9. The van der Waals surface area contributed by atoms with Crippen LogP contribution in [-0.2, 0) is 9.53 Å². The van der Waals surface area contributed by atoms with Gasteiger partial charge < -0.3 is 4.74 Å². The van der Waals surface area contributed by atoms with E-state index >= 15 is 0 Å². The van der Waals surface area contributed by atoms with Gasteiger partial charge in [0.2, 0.25) is 0 Å². The van der Waals surface area contributed by atoms with Gasteiger partial charge in [-0.3, -0.25) is 4.79 Å². The van der Waals surface area contributed by atoms with E-state index in [-0.39, 0.29) is 11.7 Å². The van der Waals surface area contributed by atoms with Crippen LogP contribution in [0.5, 0.6) is 0 Å². The number of fused-ring (bicyclic) bond motifs is 3. The molecule has 0 N–H and O–H groups in total. The number of carbonyl (C=O) groups is 1. The van der Waals surface area contributed by atoms with E-state index < -0.39 is 0 Å². The third kappa shape index (κ3) is 3.13. The first-order chi connectivity index (χ1) is 12.8. The van der Waals surface area contributed by atoms with Gasteiger partial charge in [-0.05, 0) is 19.1 Å². The summed E-state index contributed by atoms with van der Waals surface area (Å²) in [5.74, 6) is 0.528.